The molecule has 0 atom stereocenters. The number of rotatable bonds is 9. The number of aromatic nitrogens is 2. The van der Waals surface area contributed by atoms with Gasteiger partial charge < -0.3 is 24.4 Å². The second-order valence-electron chi connectivity index (χ2n) is 6.98. The number of fused-ring (bicyclic) bond motifs is 1. The van der Waals surface area contributed by atoms with Crippen molar-refractivity contribution < 1.29 is 23.8 Å². The number of H-pyrrole nitrogens is 1. The summed E-state index contributed by atoms with van der Waals surface area (Å²) >= 11 is 0. The minimum absolute atomic E-state index is 0.136. The van der Waals surface area contributed by atoms with Crippen LogP contribution >= 0.6 is 0 Å². The fraction of sp³-hybridized carbons (Fsp3) is 0.450. The fourth-order valence-corrected chi connectivity index (χ4v) is 3.34. The van der Waals surface area contributed by atoms with E-state index in [2.05, 4.69) is 15.5 Å². The van der Waals surface area contributed by atoms with Crippen molar-refractivity contribution in [3.05, 3.63) is 35.5 Å². The number of carbonyl (C=O) groups excluding carboxylic acids is 2. The van der Waals surface area contributed by atoms with Crippen LogP contribution in [0.1, 0.15) is 16.1 Å². The minimum atomic E-state index is -0.414. The lowest BCUT2D eigenvalue weighted by Crippen LogP contribution is -2.38. The van der Waals surface area contributed by atoms with Crippen LogP contribution < -0.4 is 15.0 Å². The molecule has 1 aliphatic rings. The van der Waals surface area contributed by atoms with Gasteiger partial charge in [0.2, 0.25) is 5.91 Å². The van der Waals surface area contributed by atoms with Crippen LogP contribution in [-0.4, -0.2) is 81.2 Å². The molecular formula is C20H27N5O5. The van der Waals surface area contributed by atoms with Crippen LogP contribution in [-0.2, 0) is 20.7 Å². The van der Waals surface area contributed by atoms with Crippen molar-refractivity contribution in [2.45, 2.75) is 12.7 Å². The standard InChI is InChI=1S/C20H27N5O5/c1-24(12-17(29-3)30-4)11-16(26)21-19-15-9-10-25(20(27)18(15)22-23-19)13-5-7-14(28-2)8-6-13/h5-8,17H,9-12H2,1-4H3,(H2,21,22,23,26). The summed E-state index contributed by atoms with van der Waals surface area (Å²) in [5.74, 6) is 0.696. The molecule has 0 unspecified atom stereocenters. The van der Waals surface area contributed by atoms with Crippen molar-refractivity contribution in [1.29, 1.82) is 0 Å². The van der Waals surface area contributed by atoms with E-state index < -0.39 is 6.29 Å². The van der Waals surface area contributed by atoms with E-state index >= 15 is 0 Å². The highest BCUT2D eigenvalue weighted by Gasteiger charge is 2.30. The van der Waals surface area contributed by atoms with Gasteiger partial charge in [0.15, 0.2) is 12.1 Å². The number of likely N-dealkylation sites (N-methyl/N-ethyl adjacent to an activating group) is 1. The molecule has 0 fully saturated rings. The van der Waals surface area contributed by atoms with E-state index in [0.717, 1.165) is 11.4 Å². The first kappa shape index (κ1) is 21.8. The van der Waals surface area contributed by atoms with Crippen LogP contribution in [0.5, 0.6) is 5.75 Å². The summed E-state index contributed by atoms with van der Waals surface area (Å²) in [7, 11) is 6.48. The quantitative estimate of drug-likeness (QED) is 0.588. The molecule has 2 N–H and O–H groups in total. The molecule has 1 aromatic heterocycles. The maximum Gasteiger partial charge on any atom is 0.276 e. The Morgan fingerprint density at radius 1 is 1.27 bits per heavy atom. The molecule has 1 aliphatic heterocycles. The normalized spacial score (nSPS) is 13.7. The molecule has 2 amide bonds. The Kier molecular flexibility index (Phi) is 7.03. The zero-order chi connectivity index (χ0) is 21.7. The molecule has 3 rings (SSSR count). The summed E-state index contributed by atoms with van der Waals surface area (Å²) in [6.07, 6.45) is 0.160. The molecule has 0 spiro atoms. The third-order valence-corrected chi connectivity index (χ3v) is 4.95. The van der Waals surface area contributed by atoms with Gasteiger partial charge in [0.25, 0.3) is 5.91 Å². The predicted molar refractivity (Wildman–Crippen MR) is 111 cm³/mol. The lowest BCUT2D eigenvalue weighted by Gasteiger charge is -2.27. The summed E-state index contributed by atoms with van der Waals surface area (Å²) < 4.78 is 15.4. The molecule has 1 aromatic carbocycles. The van der Waals surface area contributed by atoms with Gasteiger partial charge in [-0.1, -0.05) is 0 Å². The Bertz CT molecular complexity index is 878. The van der Waals surface area contributed by atoms with Gasteiger partial charge in [0.1, 0.15) is 11.4 Å². The van der Waals surface area contributed by atoms with E-state index in [1.165, 1.54) is 0 Å². The Labute approximate surface area is 175 Å². The van der Waals surface area contributed by atoms with Crippen molar-refractivity contribution in [3.63, 3.8) is 0 Å². The molecule has 0 aliphatic carbocycles. The van der Waals surface area contributed by atoms with Crippen LogP contribution in [0.15, 0.2) is 24.3 Å². The van der Waals surface area contributed by atoms with E-state index in [0.29, 0.717) is 36.6 Å². The van der Waals surface area contributed by atoms with Crippen LogP contribution in [0.3, 0.4) is 0 Å². The number of aromatic amines is 1. The number of nitrogens with zero attached hydrogens (tertiary/aromatic N) is 3. The van der Waals surface area contributed by atoms with E-state index in [1.807, 2.05) is 24.3 Å². The molecule has 30 heavy (non-hydrogen) atoms. The number of anilines is 2. The average molecular weight is 417 g/mol. The van der Waals surface area contributed by atoms with Crippen molar-refractivity contribution >= 4 is 23.3 Å². The van der Waals surface area contributed by atoms with Gasteiger partial charge in [-0.15, -0.1) is 0 Å². The Balaban J connectivity index is 1.64. The van der Waals surface area contributed by atoms with Gasteiger partial charge in [-0.25, -0.2) is 0 Å². The minimum Gasteiger partial charge on any atom is -0.497 e. The maximum atomic E-state index is 12.9. The highest BCUT2D eigenvalue weighted by Crippen LogP contribution is 2.28. The van der Waals surface area contributed by atoms with E-state index in [9.17, 15) is 9.59 Å². The van der Waals surface area contributed by atoms with Crippen LogP contribution in [0.4, 0.5) is 11.5 Å². The SMILES string of the molecule is COc1ccc(N2CCc3c(NC(=O)CN(C)CC(OC)OC)n[nH]c3C2=O)cc1. The lowest BCUT2D eigenvalue weighted by molar-refractivity contribution is -0.124. The molecule has 0 bridgehead atoms. The summed E-state index contributed by atoms with van der Waals surface area (Å²) in [6, 6.07) is 7.30. The largest absolute Gasteiger partial charge is 0.497 e. The number of carbonyl (C=O) groups is 2. The Morgan fingerprint density at radius 3 is 2.60 bits per heavy atom. The number of benzene rings is 1. The highest BCUT2D eigenvalue weighted by atomic mass is 16.7. The van der Waals surface area contributed by atoms with Crippen molar-refractivity contribution in [2.75, 3.05) is 58.2 Å². The predicted octanol–water partition coefficient (Wildman–Crippen LogP) is 1.11. The van der Waals surface area contributed by atoms with Gasteiger partial charge in [-0.3, -0.25) is 19.6 Å². The molecule has 10 nitrogen and oxygen atoms in total. The summed E-state index contributed by atoms with van der Waals surface area (Å²) in [4.78, 5) is 28.8. The van der Waals surface area contributed by atoms with Crippen molar-refractivity contribution in [2.24, 2.45) is 0 Å². The van der Waals surface area contributed by atoms with Gasteiger partial charge in [0, 0.05) is 38.6 Å². The maximum absolute atomic E-state index is 12.9. The third-order valence-electron chi connectivity index (χ3n) is 4.95. The molecular weight excluding hydrogens is 390 g/mol. The number of hydrogen-bond donors (Lipinski definition) is 2. The van der Waals surface area contributed by atoms with Gasteiger partial charge in [-0.2, -0.15) is 5.10 Å². The van der Waals surface area contributed by atoms with E-state index in [1.54, 1.807) is 38.2 Å². The summed E-state index contributed by atoms with van der Waals surface area (Å²) in [5, 5.41) is 9.71. The molecule has 0 saturated carbocycles. The molecule has 10 heteroatoms. The van der Waals surface area contributed by atoms with Crippen LogP contribution in [0.25, 0.3) is 0 Å². The number of nitrogens with one attached hydrogen (secondary N) is 2. The summed E-state index contributed by atoms with van der Waals surface area (Å²) in [6.45, 7) is 1.06. The number of hydrogen-bond acceptors (Lipinski definition) is 7. The topological polar surface area (TPSA) is 109 Å². The zero-order valence-electron chi connectivity index (χ0n) is 17.6. The van der Waals surface area contributed by atoms with Gasteiger partial charge in [0.05, 0.1) is 13.7 Å². The zero-order valence-corrected chi connectivity index (χ0v) is 17.6. The first-order valence-electron chi connectivity index (χ1n) is 9.54. The Hall–Kier alpha value is -2.95. The first-order valence-corrected chi connectivity index (χ1v) is 9.54. The van der Waals surface area contributed by atoms with Crippen LogP contribution in [0, 0.1) is 0 Å². The van der Waals surface area contributed by atoms with Crippen molar-refractivity contribution in [3.8, 4) is 5.75 Å². The van der Waals surface area contributed by atoms with Crippen molar-refractivity contribution in [1.82, 2.24) is 15.1 Å². The van der Waals surface area contributed by atoms with E-state index in [4.69, 9.17) is 14.2 Å². The van der Waals surface area contributed by atoms with Gasteiger partial charge in [-0.05, 0) is 37.7 Å². The second kappa shape index (κ2) is 9.70. The van der Waals surface area contributed by atoms with Gasteiger partial charge >= 0.3 is 0 Å². The van der Waals surface area contributed by atoms with Crippen LogP contribution in [0.2, 0.25) is 0 Å². The number of amides is 2. The number of ether oxygens (including phenoxy) is 3. The summed E-state index contributed by atoms with van der Waals surface area (Å²) in [5.41, 5.74) is 1.88. The molecule has 162 valence electrons. The first-order chi connectivity index (χ1) is 14.5. The Morgan fingerprint density at radius 2 is 1.97 bits per heavy atom. The third kappa shape index (κ3) is 4.78. The molecule has 0 saturated heterocycles. The highest BCUT2D eigenvalue weighted by molar-refractivity contribution is 6.08. The number of methoxy groups -OCH3 is 3. The monoisotopic (exact) mass is 417 g/mol. The molecule has 2 aromatic rings. The second-order valence-corrected chi connectivity index (χ2v) is 6.98. The fourth-order valence-electron chi connectivity index (χ4n) is 3.34. The molecule has 0 radical (unpaired) electrons. The average Bonchev–Trinajstić information content (AvgIpc) is 3.15. The smallest absolute Gasteiger partial charge is 0.276 e. The molecule has 2 heterocycles. The lowest BCUT2D eigenvalue weighted by atomic mass is 10.1. The van der Waals surface area contributed by atoms with E-state index in [-0.39, 0.29) is 18.4 Å².